The number of quaternary nitrogens is 1. The van der Waals surface area contributed by atoms with Gasteiger partial charge in [-0.1, -0.05) is 6.07 Å². The molecule has 7 nitrogen and oxygen atoms in total. The minimum atomic E-state index is -3.58. The van der Waals surface area contributed by atoms with Crippen LogP contribution in [0.15, 0.2) is 29.2 Å². The van der Waals surface area contributed by atoms with Gasteiger partial charge in [0.1, 0.15) is 0 Å². The average Bonchev–Trinajstić information content (AvgIpc) is 2.55. The maximum absolute atomic E-state index is 12.4. The summed E-state index contributed by atoms with van der Waals surface area (Å²) >= 11 is 5.29. The van der Waals surface area contributed by atoms with E-state index in [0.29, 0.717) is 5.11 Å². The predicted molar refractivity (Wildman–Crippen MR) is 95.6 cm³/mol. The smallest absolute Gasteiger partial charge is 0.257 e. The number of thiocarbonyl (C=S) groups is 1. The summed E-state index contributed by atoms with van der Waals surface area (Å²) in [5, 5.41) is 3.07. The van der Waals surface area contributed by atoms with Crippen LogP contribution in [0.2, 0.25) is 0 Å². The molecule has 132 valence electrons. The minimum Gasteiger partial charge on any atom is -0.338 e. The molecular formula is C15H23N4O3S2+. The van der Waals surface area contributed by atoms with Crippen molar-refractivity contribution in [3.05, 3.63) is 29.8 Å². The molecule has 1 fully saturated rings. The third kappa shape index (κ3) is 4.29. The van der Waals surface area contributed by atoms with Crippen molar-refractivity contribution in [3.8, 4) is 0 Å². The quantitative estimate of drug-likeness (QED) is 0.652. The number of nitrogens with zero attached hydrogens (tertiary/aromatic N) is 2. The van der Waals surface area contributed by atoms with Crippen LogP contribution in [0.3, 0.4) is 0 Å². The highest BCUT2D eigenvalue weighted by atomic mass is 32.2. The summed E-state index contributed by atoms with van der Waals surface area (Å²) in [4.78, 5) is 15.8. The minimum absolute atomic E-state index is 0.0780. The molecule has 0 bridgehead atoms. The molecule has 1 aliphatic heterocycles. The highest BCUT2D eigenvalue weighted by Gasteiger charge is 2.22. The van der Waals surface area contributed by atoms with Crippen LogP contribution in [-0.2, 0) is 10.0 Å². The lowest BCUT2D eigenvalue weighted by Gasteiger charge is -2.31. The van der Waals surface area contributed by atoms with Crippen molar-refractivity contribution < 1.29 is 18.1 Å². The van der Waals surface area contributed by atoms with Gasteiger partial charge in [-0.2, -0.15) is 0 Å². The van der Waals surface area contributed by atoms with E-state index in [1.165, 1.54) is 31.1 Å². The zero-order valence-corrected chi connectivity index (χ0v) is 15.7. The number of piperazine rings is 1. The Labute approximate surface area is 148 Å². The van der Waals surface area contributed by atoms with E-state index >= 15 is 0 Å². The van der Waals surface area contributed by atoms with E-state index in [9.17, 15) is 13.2 Å². The summed E-state index contributed by atoms with van der Waals surface area (Å²) in [5.74, 6) is -0.401. The zero-order chi connectivity index (χ0) is 17.9. The Balaban J connectivity index is 2.09. The summed E-state index contributed by atoms with van der Waals surface area (Å²) in [6, 6.07) is 5.95. The summed E-state index contributed by atoms with van der Waals surface area (Å²) in [5.41, 5.74) is 0.264. The Morgan fingerprint density at radius 2 is 1.92 bits per heavy atom. The number of carbonyl (C=O) groups excluding carboxylic acids is 1. The largest absolute Gasteiger partial charge is 0.338 e. The zero-order valence-electron chi connectivity index (χ0n) is 14.1. The van der Waals surface area contributed by atoms with Crippen molar-refractivity contribution in [2.24, 2.45) is 0 Å². The van der Waals surface area contributed by atoms with Gasteiger partial charge in [-0.15, -0.1) is 0 Å². The Morgan fingerprint density at radius 1 is 1.29 bits per heavy atom. The summed E-state index contributed by atoms with van der Waals surface area (Å²) < 4.78 is 25.4. The van der Waals surface area contributed by atoms with E-state index in [2.05, 4.69) is 12.4 Å². The molecule has 0 spiro atoms. The van der Waals surface area contributed by atoms with Crippen LogP contribution in [0.5, 0.6) is 0 Å². The SMILES string of the molecule is CN(C)S(=O)(=O)c1cccc(C(=O)NC(=S)N2CC[NH+](C)CC2)c1. The van der Waals surface area contributed by atoms with Gasteiger partial charge >= 0.3 is 0 Å². The maximum atomic E-state index is 12.4. The molecule has 1 saturated heterocycles. The van der Waals surface area contributed by atoms with Gasteiger partial charge in [0.05, 0.1) is 38.1 Å². The molecule has 24 heavy (non-hydrogen) atoms. The number of hydrogen-bond acceptors (Lipinski definition) is 4. The fourth-order valence-corrected chi connectivity index (χ4v) is 3.57. The molecule has 0 aromatic heterocycles. The van der Waals surface area contributed by atoms with Crippen LogP contribution in [0.1, 0.15) is 10.4 Å². The van der Waals surface area contributed by atoms with Gasteiger partial charge in [0.25, 0.3) is 5.91 Å². The molecule has 0 saturated carbocycles. The number of likely N-dealkylation sites (N-methyl/N-ethyl adjacent to an activating group) is 1. The van der Waals surface area contributed by atoms with Crippen LogP contribution in [0.25, 0.3) is 0 Å². The predicted octanol–water partition coefficient (Wildman–Crippen LogP) is -1.22. The molecule has 0 unspecified atom stereocenters. The van der Waals surface area contributed by atoms with Crippen molar-refractivity contribution >= 4 is 33.3 Å². The second kappa shape index (κ2) is 7.56. The first-order chi connectivity index (χ1) is 11.2. The molecule has 9 heteroatoms. The first kappa shape index (κ1) is 18.8. The van der Waals surface area contributed by atoms with E-state index in [0.717, 1.165) is 30.5 Å². The lowest BCUT2D eigenvalue weighted by Crippen LogP contribution is -3.12. The van der Waals surface area contributed by atoms with Crippen molar-refractivity contribution in [1.29, 1.82) is 0 Å². The molecule has 1 heterocycles. The fourth-order valence-electron chi connectivity index (χ4n) is 2.35. The van der Waals surface area contributed by atoms with E-state index in [-0.39, 0.29) is 10.5 Å². The Kier molecular flexibility index (Phi) is 5.92. The van der Waals surface area contributed by atoms with Crippen LogP contribution >= 0.6 is 12.2 Å². The molecule has 1 aromatic carbocycles. The monoisotopic (exact) mass is 371 g/mol. The fraction of sp³-hybridized carbons (Fsp3) is 0.467. The second-order valence-corrected chi connectivity index (χ2v) is 8.56. The number of carbonyl (C=O) groups is 1. The van der Waals surface area contributed by atoms with Crippen LogP contribution < -0.4 is 10.2 Å². The molecule has 1 aromatic rings. The van der Waals surface area contributed by atoms with E-state index < -0.39 is 15.9 Å². The standard InChI is InChI=1S/C15H22N4O3S2/c1-17(2)24(21,22)13-6-4-5-12(11-13)14(20)16-15(23)19-9-7-18(3)8-10-19/h4-6,11H,7-10H2,1-3H3,(H,16,20,23)/p+1. The first-order valence-electron chi connectivity index (χ1n) is 7.66. The topological polar surface area (TPSA) is 74.2 Å². The van der Waals surface area contributed by atoms with Crippen molar-refractivity contribution in [3.63, 3.8) is 0 Å². The maximum Gasteiger partial charge on any atom is 0.257 e. The number of benzene rings is 1. The molecule has 0 atom stereocenters. The van der Waals surface area contributed by atoms with Gasteiger partial charge in [0, 0.05) is 19.7 Å². The van der Waals surface area contributed by atoms with Crippen molar-refractivity contribution in [2.75, 3.05) is 47.3 Å². The lowest BCUT2D eigenvalue weighted by molar-refractivity contribution is -0.883. The highest BCUT2D eigenvalue weighted by Crippen LogP contribution is 2.15. The number of hydrogen-bond donors (Lipinski definition) is 2. The molecule has 0 radical (unpaired) electrons. The van der Waals surface area contributed by atoms with Gasteiger partial charge in [-0.3, -0.25) is 10.1 Å². The van der Waals surface area contributed by atoms with Gasteiger partial charge in [-0.25, -0.2) is 12.7 Å². The van der Waals surface area contributed by atoms with Gasteiger partial charge < -0.3 is 9.80 Å². The van der Waals surface area contributed by atoms with Crippen LogP contribution in [-0.4, -0.2) is 76.0 Å². The van der Waals surface area contributed by atoms with E-state index in [4.69, 9.17) is 12.2 Å². The average molecular weight is 372 g/mol. The lowest BCUT2D eigenvalue weighted by atomic mass is 10.2. The summed E-state index contributed by atoms with van der Waals surface area (Å²) in [6.45, 7) is 3.51. The molecule has 0 aliphatic carbocycles. The van der Waals surface area contributed by atoms with Gasteiger partial charge in [-0.05, 0) is 30.4 Å². The normalized spacial score (nSPS) is 16.2. The molecule has 2 rings (SSSR count). The summed E-state index contributed by atoms with van der Waals surface area (Å²) in [6.07, 6.45) is 0. The van der Waals surface area contributed by atoms with Gasteiger partial charge in [0.2, 0.25) is 10.0 Å². The molecule has 1 amide bonds. The van der Waals surface area contributed by atoms with Crippen molar-refractivity contribution in [2.45, 2.75) is 4.90 Å². The molecule has 1 aliphatic rings. The Hall–Kier alpha value is -1.55. The number of sulfonamides is 1. The molecular weight excluding hydrogens is 348 g/mol. The third-order valence-electron chi connectivity index (χ3n) is 4.00. The summed E-state index contributed by atoms with van der Waals surface area (Å²) in [7, 11) is 1.44. The van der Waals surface area contributed by atoms with Gasteiger partial charge in [0.15, 0.2) is 5.11 Å². The van der Waals surface area contributed by atoms with Crippen LogP contribution in [0, 0.1) is 0 Å². The van der Waals surface area contributed by atoms with E-state index in [1.807, 2.05) is 4.90 Å². The third-order valence-corrected chi connectivity index (χ3v) is 6.17. The number of nitrogens with one attached hydrogen (secondary N) is 2. The number of rotatable bonds is 3. The Bertz CT molecular complexity index is 726. The molecule has 2 N–H and O–H groups in total. The second-order valence-electron chi connectivity index (χ2n) is 6.02. The van der Waals surface area contributed by atoms with Crippen molar-refractivity contribution in [1.82, 2.24) is 14.5 Å². The van der Waals surface area contributed by atoms with Crippen LogP contribution in [0.4, 0.5) is 0 Å². The van der Waals surface area contributed by atoms with E-state index in [1.54, 1.807) is 12.1 Å². The number of amides is 1. The Morgan fingerprint density at radius 3 is 2.50 bits per heavy atom. The first-order valence-corrected chi connectivity index (χ1v) is 9.51. The highest BCUT2D eigenvalue weighted by molar-refractivity contribution is 7.89.